The van der Waals surface area contributed by atoms with Crippen molar-refractivity contribution in [2.24, 2.45) is 0 Å². The highest BCUT2D eigenvalue weighted by molar-refractivity contribution is 6.35. The number of aromatic hydroxyl groups is 2. The van der Waals surface area contributed by atoms with Gasteiger partial charge in [0.05, 0.1) is 30.9 Å². The molecule has 0 aromatic heterocycles. The molecule has 0 radical (unpaired) electrons. The number of fused-ring (bicyclic) bond motifs is 6. The summed E-state index contributed by atoms with van der Waals surface area (Å²) in [6.07, 6.45) is 0. The molecule has 174 valence electrons. The van der Waals surface area contributed by atoms with Crippen LogP contribution in [0.4, 0.5) is 0 Å². The Kier molecular flexibility index (Phi) is 4.75. The SMILES string of the molecule is COc1cc2c(c(Cl)c1O)Oc1c(Cl)c(O)c(OC)c(C(=O)O)c1C21OC(=O)c2ccccc21. The summed E-state index contributed by atoms with van der Waals surface area (Å²) in [7, 11) is 2.44. The van der Waals surface area contributed by atoms with Gasteiger partial charge in [0.25, 0.3) is 0 Å². The monoisotopic (exact) mass is 504 g/mol. The van der Waals surface area contributed by atoms with E-state index >= 15 is 0 Å². The topological polar surface area (TPSA) is 132 Å². The predicted molar refractivity (Wildman–Crippen MR) is 118 cm³/mol. The summed E-state index contributed by atoms with van der Waals surface area (Å²) in [5.74, 6) is -4.47. The van der Waals surface area contributed by atoms with Gasteiger partial charge in [0, 0.05) is 5.56 Å². The van der Waals surface area contributed by atoms with Crippen LogP contribution in [0.5, 0.6) is 34.5 Å². The summed E-state index contributed by atoms with van der Waals surface area (Å²) in [5, 5.41) is 30.5. The molecule has 0 saturated carbocycles. The van der Waals surface area contributed by atoms with Crippen LogP contribution in [0.15, 0.2) is 30.3 Å². The fourth-order valence-corrected chi connectivity index (χ4v) is 4.90. The first-order chi connectivity index (χ1) is 16.2. The highest BCUT2D eigenvalue weighted by Crippen LogP contribution is 2.64. The van der Waals surface area contributed by atoms with E-state index < -0.39 is 45.4 Å². The van der Waals surface area contributed by atoms with Crippen LogP contribution in [0.1, 0.15) is 37.4 Å². The Morgan fingerprint density at radius 2 is 1.68 bits per heavy atom. The number of rotatable bonds is 3. The minimum atomic E-state index is -1.94. The van der Waals surface area contributed by atoms with E-state index in [0.29, 0.717) is 0 Å². The lowest BCUT2D eigenvalue weighted by atomic mass is 9.75. The molecular weight excluding hydrogens is 491 g/mol. The third kappa shape index (κ3) is 2.56. The Labute approximate surface area is 201 Å². The molecule has 0 aliphatic carbocycles. The van der Waals surface area contributed by atoms with Crippen molar-refractivity contribution >= 4 is 35.1 Å². The Balaban J connectivity index is 2.06. The fraction of sp³-hybridized carbons (Fsp3) is 0.130. The first-order valence-corrected chi connectivity index (χ1v) is 10.4. The number of hydrogen-bond acceptors (Lipinski definition) is 8. The Morgan fingerprint density at radius 3 is 2.32 bits per heavy atom. The smallest absolute Gasteiger partial charge is 0.340 e. The second-order valence-corrected chi connectivity index (χ2v) is 8.17. The van der Waals surface area contributed by atoms with Gasteiger partial charge < -0.3 is 34.3 Å². The first-order valence-electron chi connectivity index (χ1n) is 9.65. The van der Waals surface area contributed by atoms with Gasteiger partial charge in [-0.25, -0.2) is 9.59 Å². The van der Waals surface area contributed by atoms with Crippen LogP contribution in [0.2, 0.25) is 10.0 Å². The van der Waals surface area contributed by atoms with Gasteiger partial charge in [0.1, 0.15) is 15.6 Å². The summed E-state index contributed by atoms with van der Waals surface area (Å²) in [6, 6.07) is 7.67. The molecule has 1 unspecified atom stereocenters. The molecule has 1 spiro atoms. The standard InChI is InChI=1S/C23H14Cl2O9/c1-31-11-7-10-18(14(24)16(11)26)33-20-13(12(21(28)29)19(32-2)17(27)15(20)25)23(10)9-6-4-3-5-8(9)22(30)34-23/h3-7,26-27H,1-2H3,(H,28,29). The minimum absolute atomic E-state index is 0.0734. The van der Waals surface area contributed by atoms with E-state index in [1.807, 2.05) is 0 Å². The molecule has 11 heteroatoms. The Bertz CT molecular complexity index is 1430. The van der Waals surface area contributed by atoms with Gasteiger partial charge in [0.15, 0.2) is 40.1 Å². The zero-order chi connectivity index (χ0) is 24.5. The molecule has 3 aromatic carbocycles. The maximum Gasteiger partial charge on any atom is 0.340 e. The van der Waals surface area contributed by atoms with E-state index in [9.17, 15) is 24.9 Å². The predicted octanol–water partition coefficient (Wildman–Crippen LogP) is 4.69. The number of benzene rings is 3. The lowest BCUT2D eigenvalue weighted by Gasteiger charge is -2.38. The molecule has 9 nitrogen and oxygen atoms in total. The number of methoxy groups -OCH3 is 2. The molecule has 2 aliphatic heterocycles. The number of phenolic OH excluding ortho intramolecular Hbond substituents is 2. The van der Waals surface area contributed by atoms with Crippen LogP contribution in [0.3, 0.4) is 0 Å². The van der Waals surface area contributed by atoms with Crippen molar-refractivity contribution in [3.63, 3.8) is 0 Å². The number of halogens is 2. The van der Waals surface area contributed by atoms with E-state index in [1.54, 1.807) is 18.2 Å². The number of carbonyl (C=O) groups is 2. The number of esters is 1. The summed E-state index contributed by atoms with van der Waals surface area (Å²) in [6.45, 7) is 0. The number of carbonyl (C=O) groups excluding carboxylic acids is 1. The van der Waals surface area contributed by atoms with Crippen LogP contribution in [0, 0.1) is 0 Å². The summed E-state index contributed by atoms with van der Waals surface area (Å²) in [4.78, 5) is 25.5. The second kappa shape index (κ2) is 7.34. The van der Waals surface area contributed by atoms with Crippen LogP contribution in [-0.2, 0) is 10.3 Å². The maximum atomic E-state index is 13.0. The van der Waals surface area contributed by atoms with Gasteiger partial charge in [0.2, 0.25) is 0 Å². The summed E-state index contributed by atoms with van der Waals surface area (Å²) >= 11 is 12.8. The van der Waals surface area contributed by atoms with Crippen molar-refractivity contribution in [3.8, 4) is 34.5 Å². The van der Waals surface area contributed by atoms with E-state index in [-0.39, 0.29) is 44.5 Å². The molecule has 3 N–H and O–H groups in total. The fourth-order valence-electron chi connectivity index (χ4n) is 4.45. The van der Waals surface area contributed by atoms with Crippen LogP contribution in [-0.4, -0.2) is 41.5 Å². The van der Waals surface area contributed by atoms with Crippen molar-refractivity contribution < 1.29 is 43.9 Å². The van der Waals surface area contributed by atoms with E-state index in [2.05, 4.69) is 0 Å². The first kappa shape index (κ1) is 22.0. The highest BCUT2D eigenvalue weighted by atomic mass is 35.5. The van der Waals surface area contributed by atoms with Crippen molar-refractivity contribution in [1.29, 1.82) is 0 Å². The number of aromatic carboxylic acids is 1. The number of phenols is 2. The lowest BCUT2D eigenvalue weighted by Crippen LogP contribution is -2.35. The van der Waals surface area contributed by atoms with E-state index in [0.717, 1.165) is 7.11 Å². The van der Waals surface area contributed by atoms with Crippen molar-refractivity contribution in [2.45, 2.75) is 5.60 Å². The third-order valence-corrected chi connectivity index (χ3v) is 6.53. The number of carboxylic acid groups (broad SMARTS) is 1. The van der Waals surface area contributed by atoms with Gasteiger partial charge in [-0.05, 0) is 12.1 Å². The average molecular weight is 505 g/mol. The molecule has 0 fully saturated rings. The quantitative estimate of drug-likeness (QED) is 0.434. The second-order valence-electron chi connectivity index (χ2n) is 7.42. The molecular formula is C23H14Cl2O9. The Morgan fingerprint density at radius 1 is 1.00 bits per heavy atom. The maximum absolute atomic E-state index is 13.0. The summed E-state index contributed by atoms with van der Waals surface area (Å²) in [5.41, 5.74) is -2.19. The van der Waals surface area contributed by atoms with Crippen molar-refractivity contribution in [3.05, 3.63) is 68.2 Å². The highest BCUT2D eigenvalue weighted by Gasteiger charge is 2.58. The number of carboxylic acids is 1. The molecule has 2 aliphatic rings. The molecule has 0 bridgehead atoms. The molecule has 0 saturated heterocycles. The van der Waals surface area contributed by atoms with Gasteiger partial charge in [-0.15, -0.1) is 0 Å². The molecule has 34 heavy (non-hydrogen) atoms. The van der Waals surface area contributed by atoms with Crippen molar-refractivity contribution in [1.82, 2.24) is 0 Å². The van der Waals surface area contributed by atoms with Crippen LogP contribution >= 0.6 is 23.2 Å². The normalized spacial score (nSPS) is 17.4. The molecule has 1 atom stereocenters. The van der Waals surface area contributed by atoms with Crippen molar-refractivity contribution in [2.75, 3.05) is 14.2 Å². The van der Waals surface area contributed by atoms with E-state index in [4.69, 9.17) is 42.1 Å². The van der Waals surface area contributed by atoms with Gasteiger partial charge in [-0.1, -0.05) is 41.4 Å². The van der Waals surface area contributed by atoms with Crippen LogP contribution in [0.25, 0.3) is 0 Å². The zero-order valence-corrected chi connectivity index (χ0v) is 18.9. The summed E-state index contributed by atoms with van der Waals surface area (Å²) < 4.78 is 22.2. The number of ether oxygens (including phenoxy) is 4. The van der Waals surface area contributed by atoms with Gasteiger partial charge in [-0.3, -0.25) is 0 Å². The zero-order valence-electron chi connectivity index (χ0n) is 17.4. The molecule has 0 amide bonds. The molecule has 2 heterocycles. The average Bonchev–Trinajstić information content (AvgIpc) is 3.11. The largest absolute Gasteiger partial charge is 0.503 e. The van der Waals surface area contributed by atoms with E-state index in [1.165, 1.54) is 19.2 Å². The third-order valence-electron chi connectivity index (χ3n) is 5.83. The van der Waals surface area contributed by atoms with Crippen LogP contribution < -0.4 is 14.2 Å². The number of hydrogen-bond donors (Lipinski definition) is 3. The lowest BCUT2D eigenvalue weighted by molar-refractivity contribution is 0.0213. The van der Waals surface area contributed by atoms with Gasteiger partial charge >= 0.3 is 11.9 Å². The minimum Gasteiger partial charge on any atom is -0.503 e. The molecule has 3 aromatic rings. The molecule has 5 rings (SSSR count). The Hall–Kier alpha value is -3.82. The van der Waals surface area contributed by atoms with Gasteiger partial charge in [-0.2, -0.15) is 0 Å².